The summed E-state index contributed by atoms with van der Waals surface area (Å²) < 4.78 is 0. The van der Waals surface area contributed by atoms with E-state index in [4.69, 9.17) is 0 Å². The Morgan fingerprint density at radius 1 is 1.10 bits per heavy atom. The fourth-order valence-electron chi connectivity index (χ4n) is 2.23. The van der Waals surface area contributed by atoms with Crippen molar-refractivity contribution < 1.29 is 0 Å². The average molecular weight is 279 g/mol. The lowest BCUT2D eigenvalue weighted by molar-refractivity contribution is 0.679. The molecule has 0 aliphatic rings. The van der Waals surface area contributed by atoms with Crippen LogP contribution in [0.5, 0.6) is 0 Å². The van der Waals surface area contributed by atoms with Crippen LogP contribution in [0.25, 0.3) is 11.3 Å². The third-order valence-electron chi connectivity index (χ3n) is 3.24. The van der Waals surface area contributed by atoms with Crippen molar-refractivity contribution in [3.8, 4) is 11.3 Å². The molecular weight excluding hydrogens is 262 g/mol. The van der Waals surface area contributed by atoms with E-state index in [-0.39, 0.29) is 0 Å². The Labute approximate surface area is 123 Å². The summed E-state index contributed by atoms with van der Waals surface area (Å²) in [6.45, 7) is 3.47. The molecule has 3 heterocycles. The third-order valence-corrected chi connectivity index (χ3v) is 3.24. The van der Waals surface area contributed by atoms with Crippen LogP contribution in [0.15, 0.2) is 48.9 Å². The Bertz CT molecular complexity index is 705. The van der Waals surface area contributed by atoms with Crippen LogP contribution in [0.4, 0.5) is 0 Å². The van der Waals surface area contributed by atoms with Gasteiger partial charge < -0.3 is 5.32 Å². The van der Waals surface area contributed by atoms with E-state index in [1.165, 1.54) is 0 Å². The predicted molar refractivity (Wildman–Crippen MR) is 81.3 cm³/mol. The Balaban J connectivity index is 1.66. The van der Waals surface area contributed by atoms with Gasteiger partial charge in [0.15, 0.2) is 0 Å². The molecule has 5 heteroatoms. The number of nitrogens with one attached hydrogen (secondary N) is 2. The SMILES string of the molecule is Cc1cccc(CNCc2cn[nH]c2-c2cccnc2)n1. The zero-order chi connectivity index (χ0) is 14.5. The van der Waals surface area contributed by atoms with Crippen LogP contribution in [0.1, 0.15) is 17.0 Å². The van der Waals surface area contributed by atoms with Gasteiger partial charge in [0, 0.05) is 42.3 Å². The van der Waals surface area contributed by atoms with Crippen molar-refractivity contribution in [1.29, 1.82) is 0 Å². The Kier molecular flexibility index (Phi) is 4.02. The van der Waals surface area contributed by atoms with Crippen LogP contribution in [0.3, 0.4) is 0 Å². The molecule has 0 aliphatic heterocycles. The molecular formula is C16H17N5. The van der Waals surface area contributed by atoms with Crippen LogP contribution in [-0.2, 0) is 13.1 Å². The van der Waals surface area contributed by atoms with Crippen LogP contribution in [-0.4, -0.2) is 20.2 Å². The van der Waals surface area contributed by atoms with Gasteiger partial charge >= 0.3 is 0 Å². The molecule has 3 rings (SSSR count). The van der Waals surface area contributed by atoms with Crippen LogP contribution >= 0.6 is 0 Å². The molecule has 2 N–H and O–H groups in total. The van der Waals surface area contributed by atoms with Gasteiger partial charge in [-0.1, -0.05) is 6.07 Å². The smallest absolute Gasteiger partial charge is 0.0710 e. The van der Waals surface area contributed by atoms with E-state index in [0.717, 1.165) is 41.3 Å². The van der Waals surface area contributed by atoms with Crippen molar-refractivity contribution in [3.63, 3.8) is 0 Å². The Hall–Kier alpha value is -2.53. The summed E-state index contributed by atoms with van der Waals surface area (Å²) in [7, 11) is 0. The molecule has 0 saturated heterocycles. The van der Waals surface area contributed by atoms with Gasteiger partial charge in [-0.25, -0.2) is 0 Å². The van der Waals surface area contributed by atoms with E-state index < -0.39 is 0 Å². The fourth-order valence-corrected chi connectivity index (χ4v) is 2.23. The minimum absolute atomic E-state index is 0.732. The molecule has 0 amide bonds. The van der Waals surface area contributed by atoms with Crippen LogP contribution < -0.4 is 5.32 Å². The topological polar surface area (TPSA) is 66.5 Å². The Morgan fingerprint density at radius 3 is 2.86 bits per heavy atom. The molecule has 0 spiro atoms. The second-order valence-electron chi connectivity index (χ2n) is 4.89. The molecule has 3 aromatic rings. The van der Waals surface area contributed by atoms with Gasteiger partial charge in [0.25, 0.3) is 0 Å². The lowest BCUT2D eigenvalue weighted by Crippen LogP contribution is -2.14. The molecule has 106 valence electrons. The van der Waals surface area contributed by atoms with Gasteiger partial charge in [0.1, 0.15) is 0 Å². The maximum atomic E-state index is 4.48. The van der Waals surface area contributed by atoms with Gasteiger partial charge in [0.2, 0.25) is 0 Å². The average Bonchev–Trinajstić information content (AvgIpc) is 2.97. The summed E-state index contributed by atoms with van der Waals surface area (Å²) in [5.41, 5.74) is 5.25. The number of rotatable bonds is 5. The van der Waals surface area contributed by atoms with E-state index in [1.54, 1.807) is 6.20 Å². The second-order valence-corrected chi connectivity index (χ2v) is 4.89. The van der Waals surface area contributed by atoms with Gasteiger partial charge in [-0.2, -0.15) is 5.10 Å². The zero-order valence-electron chi connectivity index (χ0n) is 11.9. The van der Waals surface area contributed by atoms with E-state index in [1.807, 2.05) is 49.6 Å². The molecule has 21 heavy (non-hydrogen) atoms. The first-order valence-electron chi connectivity index (χ1n) is 6.89. The minimum atomic E-state index is 0.732. The number of pyridine rings is 2. The summed E-state index contributed by atoms with van der Waals surface area (Å²) >= 11 is 0. The van der Waals surface area contributed by atoms with Crippen molar-refractivity contribution in [3.05, 3.63) is 65.9 Å². The molecule has 0 aliphatic carbocycles. The molecule has 5 nitrogen and oxygen atoms in total. The monoisotopic (exact) mass is 279 g/mol. The number of aromatic nitrogens is 4. The van der Waals surface area contributed by atoms with E-state index in [9.17, 15) is 0 Å². The standard InChI is InChI=1S/C16H17N5/c1-12-4-2-6-15(20-12)11-18-9-14-10-19-21-16(14)13-5-3-7-17-8-13/h2-8,10,18H,9,11H2,1H3,(H,19,21). The van der Waals surface area contributed by atoms with E-state index in [2.05, 4.69) is 25.5 Å². The number of hydrogen-bond acceptors (Lipinski definition) is 4. The first-order chi connectivity index (χ1) is 10.3. The van der Waals surface area contributed by atoms with Crippen LogP contribution in [0, 0.1) is 6.92 Å². The second kappa shape index (κ2) is 6.28. The molecule has 0 fully saturated rings. The van der Waals surface area contributed by atoms with E-state index in [0.29, 0.717) is 0 Å². The van der Waals surface area contributed by atoms with Crippen molar-refractivity contribution in [1.82, 2.24) is 25.5 Å². The van der Waals surface area contributed by atoms with Crippen molar-refractivity contribution in [2.75, 3.05) is 0 Å². The van der Waals surface area contributed by atoms with Gasteiger partial charge in [-0.3, -0.25) is 15.1 Å². The third kappa shape index (κ3) is 3.32. The summed E-state index contributed by atoms with van der Waals surface area (Å²) in [6.07, 6.45) is 5.44. The maximum absolute atomic E-state index is 4.48. The predicted octanol–water partition coefficient (Wildman–Crippen LogP) is 2.46. The largest absolute Gasteiger partial charge is 0.307 e. The van der Waals surface area contributed by atoms with Gasteiger partial charge in [0.05, 0.1) is 17.6 Å². The number of hydrogen-bond donors (Lipinski definition) is 2. The lowest BCUT2D eigenvalue weighted by atomic mass is 10.1. The lowest BCUT2D eigenvalue weighted by Gasteiger charge is -2.06. The zero-order valence-corrected chi connectivity index (χ0v) is 11.9. The molecule has 3 aromatic heterocycles. The maximum Gasteiger partial charge on any atom is 0.0710 e. The van der Waals surface area contributed by atoms with Gasteiger partial charge in [-0.15, -0.1) is 0 Å². The fraction of sp³-hybridized carbons (Fsp3) is 0.188. The number of aryl methyl sites for hydroxylation is 1. The molecule has 0 saturated carbocycles. The highest BCUT2D eigenvalue weighted by Crippen LogP contribution is 2.19. The highest BCUT2D eigenvalue weighted by Gasteiger charge is 2.07. The number of nitrogens with zero attached hydrogens (tertiary/aromatic N) is 3. The Morgan fingerprint density at radius 2 is 2.05 bits per heavy atom. The molecule has 0 radical (unpaired) electrons. The van der Waals surface area contributed by atoms with Crippen molar-refractivity contribution >= 4 is 0 Å². The highest BCUT2D eigenvalue weighted by atomic mass is 15.1. The molecule has 0 unspecified atom stereocenters. The van der Waals surface area contributed by atoms with Crippen molar-refractivity contribution in [2.45, 2.75) is 20.0 Å². The normalized spacial score (nSPS) is 10.7. The summed E-state index contributed by atoms with van der Waals surface area (Å²) in [6, 6.07) is 9.99. The first-order valence-corrected chi connectivity index (χ1v) is 6.89. The molecule has 0 bridgehead atoms. The number of aromatic amines is 1. The highest BCUT2D eigenvalue weighted by molar-refractivity contribution is 5.61. The van der Waals surface area contributed by atoms with Crippen LogP contribution in [0.2, 0.25) is 0 Å². The first kappa shape index (κ1) is 13.5. The van der Waals surface area contributed by atoms with Crippen molar-refractivity contribution in [2.24, 2.45) is 0 Å². The summed E-state index contributed by atoms with van der Waals surface area (Å²) in [4.78, 5) is 8.62. The quantitative estimate of drug-likeness (QED) is 0.753. The molecule has 0 aromatic carbocycles. The number of H-pyrrole nitrogens is 1. The summed E-state index contributed by atoms with van der Waals surface area (Å²) in [5, 5.41) is 10.6. The minimum Gasteiger partial charge on any atom is -0.307 e. The van der Waals surface area contributed by atoms with Gasteiger partial charge in [-0.05, 0) is 31.2 Å². The summed E-state index contributed by atoms with van der Waals surface area (Å²) in [5.74, 6) is 0. The van der Waals surface area contributed by atoms with E-state index >= 15 is 0 Å². The molecule has 0 atom stereocenters.